The normalized spacial score (nSPS) is 17.1. The molecule has 0 radical (unpaired) electrons. The average molecular weight is 315 g/mol. The van der Waals surface area contributed by atoms with Crippen LogP contribution in [0.3, 0.4) is 0 Å². The Bertz CT molecular complexity index is 453. The van der Waals surface area contributed by atoms with Gasteiger partial charge in [0, 0.05) is 42.6 Å². The lowest BCUT2D eigenvalue weighted by Crippen LogP contribution is -2.46. The standard InChI is InChI=1S/C15H20Cl2N2O/c1-11(6-12-8-13(16)10-14(17)9-12)7-15(20)19-4-2-18-3-5-19/h8-11,18H,2-7H2,1H3. The third-order valence-electron chi connectivity index (χ3n) is 3.50. The minimum Gasteiger partial charge on any atom is -0.340 e. The van der Waals surface area contributed by atoms with Crippen LogP contribution in [0.5, 0.6) is 0 Å². The van der Waals surface area contributed by atoms with Crippen LogP contribution in [-0.2, 0) is 11.2 Å². The number of halogens is 2. The number of nitrogens with one attached hydrogen (secondary N) is 1. The number of rotatable bonds is 4. The molecule has 1 unspecified atom stereocenters. The molecule has 20 heavy (non-hydrogen) atoms. The van der Waals surface area contributed by atoms with Crippen molar-refractivity contribution in [1.29, 1.82) is 0 Å². The summed E-state index contributed by atoms with van der Waals surface area (Å²) >= 11 is 12.0. The fourth-order valence-electron chi connectivity index (χ4n) is 2.54. The van der Waals surface area contributed by atoms with Crippen LogP contribution in [0.25, 0.3) is 0 Å². The van der Waals surface area contributed by atoms with Crippen molar-refractivity contribution in [2.24, 2.45) is 5.92 Å². The molecule has 0 aliphatic carbocycles. The molecule has 1 aliphatic rings. The van der Waals surface area contributed by atoms with E-state index in [2.05, 4.69) is 12.2 Å². The molecule has 3 nitrogen and oxygen atoms in total. The van der Waals surface area contributed by atoms with Crippen molar-refractivity contribution < 1.29 is 4.79 Å². The Labute approximate surface area is 130 Å². The van der Waals surface area contributed by atoms with Crippen molar-refractivity contribution in [1.82, 2.24) is 10.2 Å². The summed E-state index contributed by atoms with van der Waals surface area (Å²) in [5, 5.41) is 4.54. The Hall–Kier alpha value is -0.770. The summed E-state index contributed by atoms with van der Waals surface area (Å²) < 4.78 is 0. The fourth-order valence-corrected chi connectivity index (χ4v) is 3.12. The minimum atomic E-state index is 0.243. The highest BCUT2D eigenvalue weighted by atomic mass is 35.5. The second-order valence-electron chi connectivity index (χ2n) is 5.42. The lowest BCUT2D eigenvalue weighted by Gasteiger charge is -2.28. The van der Waals surface area contributed by atoms with E-state index < -0.39 is 0 Å². The number of benzene rings is 1. The van der Waals surface area contributed by atoms with Crippen molar-refractivity contribution in [2.45, 2.75) is 19.8 Å². The summed E-state index contributed by atoms with van der Waals surface area (Å²) in [6, 6.07) is 5.56. The largest absolute Gasteiger partial charge is 0.340 e. The summed E-state index contributed by atoms with van der Waals surface area (Å²) in [5.41, 5.74) is 1.09. The van der Waals surface area contributed by atoms with E-state index in [9.17, 15) is 4.79 Å². The first kappa shape index (κ1) is 15.6. The highest BCUT2D eigenvalue weighted by molar-refractivity contribution is 6.34. The van der Waals surface area contributed by atoms with E-state index in [0.29, 0.717) is 16.5 Å². The van der Waals surface area contributed by atoms with Gasteiger partial charge in [-0.25, -0.2) is 0 Å². The summed E-state index contributed by atoms with van der Waals surface area (Å²) in [7, 11) is 0. The fraction of sp³-hybridized carbons (Fsp3) is 0.533. The van der Waals surface area contributed by atoms with Crippen molar-refractivity contribution in [3.63, 3.8) is 0 Å². The van der Waals surface area contributed by atoms with Crippen LogP contribution in [0.1, 0.15) is 18.9 Å². The maximum atomic E-state index is 12.2. The van der Waals surface area contributed by atoms with Gasteiger partial charge in [0.05, 0.1) is 0 Å². The maximum Gasteiger partial charge on any atom is 0.222 e. The number of hydrogen-bond donors (Lipinski definition) is 1. The predicted molar refractivity (Wildman–Crippen MR) is 83.4 cm³/mol. The molecule has 2 rings (SSSR count). The van der Waals surface area contributed by atoms with Gasteiger partial charge in [-0.05, 0) is 36.1 Å². The van der Waals surface area contributed by atoms with Gasteiger partial charge in [0.15, 0.2) is 0 Å². The van der Waals surface area contributed by atoms with Crippen LogP contribution in [0.15, 0.2) is 18.2 Å². The van der Waals surface area contributed by atoms with Crippen molar-refractivity contribution in [2.75, 3.05) is 26.2 Å². The third-order valence-corrected chi connectivity index (χ3v) is 3.94. The number of carbonyl (C=O) groups is 1. The zero-order valence-electron chi connectivity index (χ0n) is 11.7. The SMILES string of the molecule is CC(CC(=O)N1CCNCC1)Cc1cc(Cl)cc(Cl)c1. The molecule has 1 saturated heterocycles. The monoisotopic (exact) mass is 314 g/mol. The van der Waals surface area contributed by atoms with Gasteiger partial charge in [0.25, 0.3) is 0 Å². The van der Waals surface area contributed by atoms with Crippen LogP contribution < -0.4 is 5.32 Å². The van der Waals surface area contributed by atoms with Gasteiger partial charge in [-0.1, -0.05) is 30.1 Å². The first-order valence-corrected chi connectivity index (χ1v) is 7.73. The third kappa shape index (κ3) is 4.65. The molecule has 1 aromatic rings. The molecule has 0 spiro atoms. The molecule has 1 amide bonds. The van der Waals surface area contributed by atoms with Crippen LogP contribution in [0, 0.1) is 5.92 Å². The summed E-state index contributed by atoms with van der Waals surface area (Å²) in [4.78, 5) is 14.1. The number of amides is 1. The molecule has 0 bridgehead atoms. The molecular weight excluding hydrogens is 295 g/mol. The lowest BCUT2D eigenvalue weighted by atomic mass is 9.97. The average Bonchev–Trinajstić information content (AvgIpc) is 2.38. The quantitative estimate of drug-likeness (QED) is 0.926. The first-order valence-electron chi connectivity index (χ1n) is 6.98. The van der Waals surface area contributed by atoms with Crippen molar-refractivity contribution in [3.8, 4) is 0 Å². The molecule has 0 aromatic heterocycles. The van der Waals surface area contributed by atoms with E-state index in [4.69, 9.17) is 23.2 Å². The summed E-state index contributed by atoms with van der Waals surface area (Å²) in [6.07, 6.45) is 1.39. The Morgan fingerprint density at radius 1 is 1.25 bits per heavy atom. The molecule has 1 N–H and O–H groups in total. The molecule has 1 atom stereocenters. The summed E-state index contributed by atoms with van der Waals surface area (Å²) in [6.45, 7) is 5.51. The van der Waals surface area contributed by atoms with Crippen molar-refractivity contribution in [3.05, 3.63) is 33.8 Å². The lowest BCUT2D eigenvalue weighted by molar-refractivity contribution is -0.132. The number of nitrogens with zero attached hydrogens (tertiary/aromatic N) is 1. The second-order valence-corrected chi connectivity index (χ2v) is 6.29. The van der Waals surface area contributed by atoms with Gasteiger partial charge in [0.1, 0.15) is 0 Å². The Balaban J connectivity index is 1.88. The van der Waals surface area contributed by atoms with E-state index in [1.54, 1.807) is 6.07 Å². The molecule has 1 aromatic carbocycles. The Morgan fingerprint density at radius 2 is 1.85 bits per heavy atom. The van der Waals surface area contributed by atoms with E-state index in [-0.39, 0.29) is 11.8 Å². The van der Waals surface area contributed by atoms with Gasteiger partial charge < -0.3 is 10.2 Å². The minimum absolute atomic E-state index is 0.243. The zero-order chi connectivity index (χ0) is 14.5. The van der Waals surface area contributed by atoms with Gasteiger partial charge in [-0.2, -0.15) is 0 Å². The molecule has 1 aliphatic heterocycles. The highest BCUT2D eigenvalue weighted by Gasteiger charge is 2.18. The van der Waals surface area contributed by atoms with E-state index >= 15 is 0 Å². The van der Waals surface area contributed by atoms with E-state index in [0.717, 1.165) is 38.2 Å². The Morgan fingerprint density at radius 3 is 2.45 bits per heavy atom. The summed E-state index contributed by atoms with van der Waals surface area (Å²) in [5.74, 6) is 0.527. The Kier molecular flexibility index (Phi) is 5.70. The van der Waals surface area contributed by atoms with Gasteiger partial charge in [-0.3, -0.25) is 4.79 Å². The highest BCUT2D eigenvalue weighted by Crippen LogP contribution is 2.22. The zero-order valence-corrected chi connectivity index (χ0v) is 13.2. The van der Waals surface area contributed by atoms with Crippen LogP contribution in [-0.4, -0.2) is 37.0 Å². The molecule has 0 saturated carbocycles. The van der Waals surface area contributed by atoms with Gasteiger partial charge in [-0.15, -0.1) is 0 Å². The molecule has 110 valence electrons. The number of hydrogen-bond acceptors (Lipinski definition) is 2. The molecule has 1 fully saturated rings. The number of piperazine rings is 1. The van der Waals surface area contributed by atoms with E-state index in [1.165, 1.54) is 0 Å². The van der Waals surface area contributed by atoms with Gasteiger partial charge >= 0.3 is 0 Å². The smallest absolute Gasteiger partial charge is 0.222 e. The predicted octanol–water partition coefficient (Wildman–Crippen LogP) is 2.99. The van der Waals surface area contributed by atoms with Crippen LogP contribution in [0.2, 0.25) is 10.0 Å². The topological polar surface area (TPSA) is 32.3 Å². The molecule has 1 heterocycles. The van der Waals surface area contributed by atoms with Gasteiger partial charge in [0.2, 0.25) is 5.91 Å². The maximum absolute atomic E-state index is 12.2. The van der Waals surface area contributed by atoms with Crippen LogP contribution >= 0.6 is 23.2 Å². The van der Waals surface area contributed by atoms with E-state index in [1.807, 2.05) is 17.0 Å². The molecule has 5 heteroatoms. The first-order chi connectivity index (χ1) is 9.54. The molecular formula is C15H20Cl2N2O. The van der Waals surface area contributed by atoms with Crippen molar-refractivity contribution >= 4 is 29.1 Å². The number of carbonyl (C=O) groups excluding carboxylic acids is 1. The second kappa shape index (κ2) is 7.30. The van der Waals surface area contributed by atoms with Crippen LogP contribution in [0.4, 0.5) is 0 Å².